The summed E-state index contributed by atoms with van der Waals surface area (Å²) in [5, 5.41) is 11.9. The number of likely N-dealkylation sites (N-methyl/N-ethyl adjacent to an activating group) is 1. The number of nitrogens with one attached hydrogen (secondary N) is 1. The number of carbonyl (C=O) groups is 2. The van der Waals surface area contributed by atoms with Crippen molar-refractivity contribution in [2.75, 3.05) is 27.3 Å². The Balaban J connectivity index is 4.33. The van der Waals surface area contributed by atoms with Crippen molar-refractivity contribution in [2.24, 2.45) is 0 Å². The van der Waals surface area contributed by atoms with E-state index in [0.717, 1.165) is 6.42 Å². The Kier molecular flexibility index (Phi) is 6.86. The third-order valence-corrected chi connectivity index (χ3v) is 3.19. The molecule has 0 heterocycles. The predicted octanol–water partition coefficient (Wildman–Crippen LogP) is 0.323. The molecule has 0 saturated heterocycles. The highest BCUT2D eigenvalue weighted by molar-refractivity contribution is 5.83. The summed E-state index contributed by atoms with van der Waals surface area (Å²) in [5.74, 6) is -1.13. The van der Waals surface area contributed by atoms with Gasteiger partial charge in [-0.05, 0) is 34.2 Å². The molecule has 2 N–H and O–H groups in total. The molecule has 0 aromatic heterocycles. The average Bonchev–Trinajstić information content (AvgIpc) is 2.32. The van der Waals surface area contributed by atoms with Gasteiger partial charge in [-0.25, -0.2) is 0 Å². The third kappa shape index (κ3) is 4.62. The Bertz CT molecular complexity index is 292. The van der Waals surface area contributed by atoms with E-state index in [1.807, 2.05) is 0 Å². The Hall–Kier alpha value is -1.14. The molecule has 1 unspecified atom stereocenters. The van der Waals surface area contributed by atoms with Gasteiger partial charge in [0, 0.05) is 20.3 Å². The number of amides is 1. The van der Waals surface area contributed by atoms with Crippen LogP contribution in [0, 0.1) is 0 Å². The molecule has 0 aliphatic heterocycles. The Morgan fingerprint density at radius 3 is 2.44 bits per heavy atom. The Morgan fingerprint density at radius 2 is 2.00 bits per heavy atom. The molecule has 0 fully saturated rings. The van der Waals surface area contributed by atoms with Crippen LogP contribution in [-0.2, 0) is 14.3 Å². The highest BCUT2D eigenvalue weighted by Crippen LogP contribution is 2.15. The molecule has 18 heavy (non-hydrogen) atoms. The number of carboxylic acids is 1. The van der Waals surface area contributed by atoms with Gasteiger partial charge in [0.2, 0.25) is 5.91 Å². The molecular weight excluding hydrogens is 236 g/mol. The zero-order valence-electron chi connectivity index (χ0n) is 11.8. The first-order valence-electron chi connectivity index (χ1n) is 5.98. The van der Waals surface area contributed by atoms with E-state index in [4.69, 9.17) is 9.84 Å². The lowest BCUT2D eigenvalue weighted by Crippen LogP contribution is -2.56. The normalized spacial score (nSPS) is 13.4. The van der Waals surface area contributed by atoms with E-state index in [1.54, 1.807) is 39.8 Å². The van der Waals surface area contributed by atoms with Crippen molar-refractivity contribution in [3.05, 3.63) is 0 Å². The van der Waals surface area contributed by atoms with E-state index >= 15 is 0 Å². The minimum Gasteiger partial charge on any atom is -0.480 e. The zero-order valence-corrected chi connectivity index (χ0v) is 11.8. The fourth-order valence-corrected chi connectivity index (χ4v) is 1.39. The van der Waals surface area contributed by atoms with Crippen molar-refractivity contribution in [3.63, 3.8) is 0 Å². The van der Waals surface area contributed by atoms with Crippen LogP contribution in [0.2, 0.25) is 0 Å². The molecule has 0 spiro atoms. The molecule has 6 heteroatoms. The van der Waals surface area contributed by atoms with Gasteiger partial charge in [0.15, 0.2) is 0 Å². The second-order valence-corrected chi connectivity index (χ2v) is 4.79. The molecule has 1 amide bonds. The van der Waals surface area contributed by atoms with Crippen LogP contribution in [0.1, 0.15) is 27.2 Å². The van der Waals surface area contributed by atoms with E-state index in [2.05, 4.69) is 5.32 Å². The number of ether oxygens (including phenoxy) is 1. The van der Waals surface area contributed by atoms with Crippen molar-refractivity contribution in [1.82, 2.24) is 10.2 Å². The van der Waals surface area contributed by atoms with Crippen LogP contribution >= 0.6 is 0 Å². The molecule has 0 aliphatic carbocycles. The van der Waals surface area contributed by atoms with Gasteiger partial charge >= 0.3 is 5.97 Å². The van der Waals surface area contributed by atoms with Crippen LogP contribution in [-0.4, -0.2) is 60.8 Å². The lowest BCUT2D eigenvalue weighted by molar-refractivity contribution is -0.151. The van der Waals surface area contributed by atoms with Gasteiger partial charge in [-0.2, -0.15) is 0 Å². The van der Waals surface area contributed by atoms with Crippen LogP contribution < -0.4 is 5.32 Å². The third-order valence-electron chi connectivity index (χ3n) is 3.19. The van der Waals surface area contributed by atoms with Gasteiger partial charge in [-0.15, -0.1) is 0 Å². The fourth-order valence-electron chi connectivity index (χ4n) is 1.39. The van der Waals surface area contributed by atoms with Gasteiger partial charge < -0.3 is 15.2 Å². The second kappa shape index (κ2) is 7.33. The van der Waals surface area contributed by atoms with Gasteiger partial charge in [0.1, 0.15) is 5.54 Å². The second-order valence-electron chi connectivity index (χ2n) is 4.79. The monoisotopic (exact) mass is 260 g/mol. The molecule has 0 aromatic carbocycles. The standard InChI is InChI=1S/C12H24N2O4/c1-9(10(15)13-7-6-8-18-5)14(4)12(2,3)11(16)17/h9H,6-8H2,1-5H3,(H,13,15)(H,16,17). The Labute approximate surface area is 108 Å². The quantitative estimate of drug-likeness (QED) is 0.615. The van der Waals surface area contributed by atoms with Crippen LogP contribution in [0.4, 0.5) is 0 Å². The van der Waals surface area contributed by atoms with E-state index in [-0.39, 0.29) is 5.91 Å². The number of hydrogen-bond donors (Lipinski definition) is 2. The largest absolute Gasteiger partial charge is 0.480 e. The number of rotatable bonds is 8. The predicted molar refractivity (Wildman–Crippen MR) is 68.4 cm³/mol. The number of methoxy groups -OCH3 is 1. The summed E-state index contributed by atoms with van der Waals surface area (Å²) in [5.41, 5.74) is -1.08. The van der Waals surface area contributed by atoms with Crippen LogP contribution in [0.15, 0.2) is 0 Å². The first kappa shape index (κ1) is 16.9. The van der Waals surface area contributed by atoms with E-state index in [0.29, 0.717) is 13.2 Å². The van der Waals surface area contributed by atoms with Crippen LogP contribution in [0.3, 0.4) is 0 Å². The van der Waals surface area contributed by atoms with Gasteiger partial charge in [0.25, 0.3) is 0 Å². The molecule has 106 valence electrons. The van der Waals surface area contributed by atoms with Crippen LogP contribution in [0.25, 0.3) is 0 Å². The lowest BCUT2D eigenvalue weighted by atomic mass is 10.0. The molecule has 0 rings (SSSR count). The van der Waals surface area contributed by atoms with E-state index in [9.17, 15) is 9.59 Å². The van der Waals surface area contributed by atoms with Gasteiger partial charge in [0.05, 0.1) is 6.04 Å². The smallest absolute Gasteiger partial charge is 0.323 e. The molecule has 1 atom stereocenters. The molecular formula is C12H24N2O4. The first-order chi connectivity index (χ1) is 8.25. The molecule has 6 nitrogen and oxygen atoms in total. The molecule has 0 radical (unpaired) electrons. The minimum absolute atomic E-state index is 0.178. The van der Waals surface area contributed by atoms with Crippen molar-refractivity contribution in [2.45, 2.75) is 38.8 Å². The highest BCUT2D eigenvalue weighted by atomic mass is 16.5. The Morgan fingerprint density at radius 1 is 1.44 bits per heavy atom. The topological polar surface area (TPSA) is 78.9 Å². The van der Waals surface area contributed by atoms with E-state index in [1.165, 1.54) is 0 Å². The van der Waals surface area contributed by atoms with Gasteiger partial charge in [-0.3, -0.25) is 14.5 Å². The molecule has 0 aromatic rings. The summed E-state index contributed by atoms with van der Waals surface area (Å²) in [4.78, 5) is 24.5. The SMILES string of the molecule is COCCCNC(=O)C(C)N(C)C(C)(C)C(=O)O. The maximum atomic E-state index is 11.8. The van der Waals surface area contributed by atoms with Crippen molar-refractivity contribution in [3.8, 4) is 0 Å². The van der Waals surface area contributed by atoms with Gasteiger partial charge in [-0.1, -0.05) is 0 Å². The van der Waals surface area contributed by atoms with Crippen molar-refractivity contribution < 1.29 is 19.4 Å². The summed E-state index contributed by atoms with van der Waals surface area (Å²) in [6.07, 6.45) is 0.737. The molecule has 0 bridgehead atoms. The number of carbonyl (C=O) groups excluding carboxylic acids is 1. The van der Waals surface area contributed by atoms with E-state index < -0.39 is 17.6 Å². The minimum atomic E-state index is -1.08. The fraction of sp³-hybridized carbons (Fsp3) is 0.833. The van der Waals surface area contributed by atoms with Crippen molar-refractivity contribution in [1.29, 1.82) is 0 Å². The van der Waals surface area contributed by atoms with Crippen LogP contribution in [0.5, 0.6) is 0 Å². The summed E-state index contributed by atoms with van der Waals surface area (Å²) in [6, 6.07) is -0.501. The average molecular weight is 260 g/mol. The molecule has 0 saturated carbocycles. The molecule has 0 aliphatic rings. The summed E-state index contributed by atoms with van der Waals surface area (Å²) >= 11 is 0. The summed E-state index contributed by atoms with van der Waals surface area (Å²) in [7, 11) is 3.24. The maximum Gasteiger partial charge on any atom is 0.323 e. The number of carboxylic acid groups (broad SMARTS) is 1. The zero-order chi connectivity index (χ0) is 14.3. The number of nitrogens with zero attached hydrogens (tertiary/aromatic N) is 1. The summed E-state index contributed by atoms with van der Waals surface area (Å²) < 4.78 is 4.88. The maximum absolute atomic E-state index is 11.8. The lowest BCUT2D eigenvalue weighted by Gasteiger charge is -2.35. The summed E-state index contributed by atoms with van der Waals surface area (Å²) in [6.45, 7) is 5.95. The first-order valence-corrected chi connectivity index (χ1v) is 5.98. The number of aliphatic carboxylic acids is 1. The highest BCUT2D eigenvalue weighted by Gasteiger charge is 2.36. The number of hydrogen-bond acceptors (Lipinski definition) is 4. The van der Waals surface area contributed by atoms with Crippen molar-refractivity contribution >= 4 is 11.9 Å².